The van der Waals surface area contributed by atoms with E-state index < -0.39 is 6.09 Å². The number of hydrogen-bond acceptors (Lipinski definition) is 3. The second-order valence-electron chi connectivity index (χ2n) is 4.44. The molecular weight excluding hydrogens is 298 g/mol. The molecule has 2 rings (SSSR count). The van der Waals surface area contributed by atoms with Crippen LogP contribution in [0.4, 0.5) is 10.5 Å². The third kappa shape index (κ3) is 3.14. The van der Waals surface area contributed by atoms with Gasteiger partial charge in [0.25, 0.3) is 0 Å². The average Bonchev–Trinajstić information content (AvgIpc) is 2.76. The zero-order chi connectivity index (χ0) is 13.1. The highest BCUT2D eigenvalue weighted by Crippen LogP contribution is 2.19. The van der Waals surface area contributed by atoms with Crippen molar-refractivity contribution >= 4 is 27.7 Å². The number of nitrogens with two attached hydrogens (primary N) is 1. The SMILES string of the molecule is Nc1cc(Br)ccc1CNC1CCN(C(=O)O)C1. The van der Waals surface area contributed by atoms with Crippen LogP contribution in [0.25, 0.3) is 0 Å². The molecule has 1 aliphatic rings. The zero-order valence-corrected chi connectivity index (χ0v) is 11.5. The number of benzene rings is 1. The number of halogens is 1. The molecule has 0 radical (unpaired) electrons. The number of carboxylic acid groups (broad SMARTS) is 1. The Morgan fingerprint density at radius 1 is 1.61 bits per heavy atom. The molecule has 1 saturated heterocycles. The van der Waals surface area contributed by atoms with Gasteiger partial charge in [0.2, 0.25) is 0 Å². The number of rotatable bonds is 3. The van der Waals surface area contributed by atoms with Crippen molar-refractivity contribution in [3.8, 4) is 0 Å². The molecule has 1 aliphatic heterocycles. The van der Waals surface area contributed by atoms with Crippen molar-refractivity contribution in [2.24, 2.45) is 0 Å². The van der Waals surface area contributed by atoms with Crippen LogP contribution in [-0.4, -0.2) is 35.2 Å². The Balaban J connectivity index is 1.87. The fourth-order valence-electron chi connectivity index (χ4n) is 2.08. The van der Waals surface area contributed by atoms with Crippen molar-refractivity contribution in [3.05, 3.63) is 28.2 Å². The second kappa shape index (κ2) is 5.58. The van der Waals surface area contributed by atoms with Gasteiger partial charge in [-0.2, -0.15) is 0 Å². The van der Waals surface area contributed by atoms with Crippen LogP contribution >= 0.6 is 15.9 Å². The summed E-state index contributed by atoms with van der Waals surface area (Å²) < 4.78 is 0.960. The summed E-state index contributed by atoms with van der Waals surface area (Å²) in [4.78, 5) is 12.2. The Labute approximate surface area is 114 Å². The van der Waals surface area contributed by atoms with Gasteiger partial charge in [0.15, 0.2) is 0 Å². The molecule has 5 nitrogen and oxygen atoms in total. The Morgan fingerprint density at radius 2 is 2.39 bits per heavy atom. The molecule has 98 valence electrons. The van der Waals surface area contributed by atoms with Gasteiger partial charge in [-0.1, -0.05) is 22.0 Å². The van der Waals surface area contributed by atoms with Gasteiger partial charge in [0.05, 0.1) is 0 Å². The van der Waals surface area contributed by atoms with Gasteiger partial charge in [-0.25, -0.2) is 4.79 Å². The molecule has 18 heavy (non-hydrogen) atoms. The predicted octanol–water partition coefficient (Wildman–Crippen LogP) is 1.87. The van der Waals surface area contributed by atoms with E-state index in [1.165, 1.54) is 4.90 Å². The molecule has 1 fully saturated rings. The van der Waals surface area contributed by atoms with Gasteiger partial charge >= 0.3 is 6.09 Å². The lowest BCUT2D eigenvalue weighted by Gasteiger charge is -2.14. The molecule has 0 aromatic heterocycles. The van der Waals surface area contributed by atoms with E-state index in [2.05, 4.69) is 21.2 Å². The maximum atomic E-state index is 10.8. The molecule has 0 saturated carbocycles. The molecule has 1 heterocycles. The first-order valence-corrected chi connectivity index (χ1v) is 6.60. The molecule has 4 N–H and O–H groups in total. The summed E-state index contributed by atoms with van der Waals surface area (Å²) in [5.74, 6) is 0. The number of amides is 1. The van der Waals surface area contributed by atoms with Gasteiger partial charge in [-0.05, 0) is 24.1 Å². The molecule has 0 bridgehead atoms. The van der Waals surface area contributed by atoms with Crippen molar-refractivity contribution in [2.45, 2.75) is 19.0 Å². The van der Waals surface area contributed by atoms with Crippen LogP contribution in [0.3, 0.4) is 0 Å². The van der Waals surface area contributed by atoms with Crippen molar-refractivity contribution < 1.29 is 9.90 Å². The topological polar surface area (TPSA) is 78.6 Å². The molecule has 1 aromatic carbocycles. The monoisotopic (exact) mass is 313 g/mol. The Morgan fingerprint density at radius 3 is 3.00 bits per heavy atom. The minimum absolute atomic E-state index is 0.212. The molecule has 1 unspecified atom stereocenters. The number of nitrogens with zero attached hydrogens (tertiary/aromatic N) is 1. The molecule has 0 aliphatic carbocycles. The highest BCUT2D eigenvalue weighted by Gasteiger charge is 2.25. The maximum Gasteiger partial charge on any atom is 0.407 e. The highest BCUT2D eigenvalue weighted by molar-refractivity contribution is 9.10. The van der Waals surface area contributed by atoms with Crippen LogP contribution in [-0.2, 0) is 6.54 Å². The van der Waals surface area contributed by atoms with Crippen LogP contribution < -0.4 is 11.1 Å². The van der Waals surface area contributed by atoms with E-state index in [4.69, 9.17) is 10.8 Å². The van der Waals surface area contributed by atoms with Gasteiger partial charge < -0.3 is 21.1 Å². The minimum atomic E-state index is -0.845. The summed E-state index contributed by atoms with van der Waals surface area (Å²) in [7, 11) is 0. The van der Waals surface area contributed by atoms with Crippen LogP contribution in [0.1, 0.15) is 12.0 Å². The van der Waals surface area contributed by atoms with Gasteiger partial charge in [0.1, 0.15) is 0 Å². The number of nitrogens with one attached hydrogen (secondary N) is 1. The second-order valence-corrected chi connectivity index (χ2v) is 5.35. The smallest absolute Gasteiger partial charge is 0.407 e. The third-order valence-corrected chi connectivity index (χ3v) is 3.64. The van der Waals surface area contributed by atoms with E-state index >= 15 is 0 Å². The summed E-state index contributed by atoms with van der Waals surface area (Å²) in [5, 5.41) is 12.2. The lowest BCUT2D eigenvalue weighted by molar-refractivity contribution is 0.154. The van der Waals surface area contributed by atoms with Crippen LogP contribution in [0.5, 0.6) is 0 Å². The van der Waals surface area contributed by atoms with Crippen LogP contribution in [0.2, 0.25) is 0 Å². The first-order valence-electron chi connectivity index (χ1n) is 5.81. The van der Waals surface area contributed by atoms with Gasteiger partial charge in [-0.3, -0.25) is 0 Å². The number of carbonyl (C=O) groups is 1. The Hall–Kier alpha value is -1.27. The normalized spacial score (nSPS) is 19.2. The molecule has 1 amide bonds. The standard InChI is InChI=1S/C12H16BrN3O2/c13-9-2-1-8(11(14)5-9)6-15-10-3-4-16(7-10)12(17)18/h1-2,5,10,15H,3-4,6-7,14H2,(H,17,18). The minimum Gasteiger partial charge on any atom is -0.465 e. The van der Waals surface area contributed by atoms with E-state index in [9.17, 15) is 4.79 Å². The maximum absolute atomic E-state index is 10.8. The molecule has 6 heteroatoms. The van der Waals surface area contributed by atoms with E-state index in [0.717, 1.165) is 22.1 Å². The largest absolute Gasteiger partial charge is 0.465 e. The van der Waals surface area contributed by atoms with Crippen LogP contribution in [0, 0.1) is 0 Å². The summed E-state index contributed by atoms with van der Waals surface area (Å²) in [6.07, 6.45) is 0.00498. The lowest BCUT2D eigenvalue weighted by atomic mass is 10.1. The van der Waals surface area contributed by atoms with E-state index in [1.54, 1.807) is 0 Å². The van der Waals surface area contributed by atoms with Gasteiger partial charge in [-0.15, -0.1) is 0 Å². The van der Waals surface area contributed by atoms with Crippen LogP contribution in [0.15, 0.2) is 22.7 Å². The third-order valence-electron chi connectivity index (χ3n) is 3.15. The molecule has 1 atom stereocenters. The summed E-state index contributed by atoms with van der Waals surface area (Å²) in [6.45, 7) is 1.81. The number of hydrogen-bond donors (Lipinski definition) is 3. The Kier molecular flexibility index (Phi) is 4.08. The van der Waals surface area contributed by atoms with Crippen molar-refractivity contribution in [3.63, 3.8) is 0 Å². The first-order chi connectivity index (χ1) is 8.56. The number of nitrogen functional groups attached to an aromatic ring is 1. The summed E-state index contributed by atoms with van der Waals surface area (Å²) >= 11 is 3.37. The van der Waals surface area contributed by atoms with E-state index in [-0.39, 0.29) is 6.04 Å². The number of likely N-dealkylation sites (tertiary alicyclic amines) is 1. The first kappa shape index (κ1) is 13.2. The van der Waals surface area contributed by atoms with Crippen molar-refractivity contribution in [1.82, 2.24) is 10.2 Å². The predicted molar refractivity (Wildman–Crippen MR) is 73.4 cm³/mol. The quantitative estimate of drug-likeness (QED) is 0.744. The van der Waals surface area contributed by atoms with E-state index in [1.807, 2.05) is 18.2 Å². The highest BCUT2D eigenvalue weighted by atomic mass is 79.9. The van der Waals surface area contributed by atoms with Crippen molar-refractivity contribution in [2.75, 3.05) is 18.8 Å². The molecular formula is C12H16BrN3O2. The van der Waals surface area contributed by atoms with Gasteiger partial charge in [0, 0.05) is 35.8 Å². The fraction of sp³-hybridized carbons (Fsp3) is 0.417. The molecule has 0 spiro atoms. The summed E-state index contributed by atoms with van der Waals surface area (Å²) in [5.41, 5.74) is 7.68. The van der Waals surface area contributed by atoms with Crippen molar-refractivity contribution in [1.29, 1.82) is 0 Å². The fourth-order valence-corrected chi connectivity index (χ4v) is 2.46. The zero-order valence-electron chi connectivity index (χ0n) is 9.90. The number of anilines is 1. The lowest BCUT2D eigenvalue weighted by Crippen LogP contribution is -2.34. The van der Waals surface area contributed by atoms with E-state index in [0.29, 0.717) is 19.6 Å². The average molecular weight is 314 g/mol. The molecule has 1 aromatic rings. The summed E-state index contributed by atoms with van der Waals surface area (Å²) in [6, 6.07) is 6.00. The Bertz CT molecular complexity index is 453.